The second kappa shape index (κ2) is 4.30. The highest BCUT2D eigenvalue weighted by atomic mass is 79.9. The molecular weight excluding hydrogens is 276 g/mol. The Morgan fingerprint density at radius 2 is 1.64 bits per heavy atom. The van der Waals surface area contributed by atoms with E-state index in [1.54, 1.807) is 0 Å². The molecule has 4 heteroatoms. The van der Waals surface area contributed by atoms with Gasteiger partial charge in [0.2, 0.25) is 0 Å². The van der Waals surface area contributed by atoms with Gasteiger partial charge in [-0.05, 0) is 32.4 Å². The van der Waals surface area contributed by atoms with Crippen LogP contribution in [0.15, 0.2) is 0 Å². The predicted octanol–water partition coefficient (Wildman–Crippen LogP) is 3.98. The summed E-state index contributed by atoms with van der Waals surface area (Å²) in [4.78, 5) is 12.2. The van der Waals surface area contributed by atoms with Gasteiger partial charge in [-0.25, -0.2) is 0 Å². The fourth-order valence-corrected chi connectivity index (χ4v) is 6.15. The Hall–Kier alpha value is 0.717. The van der Waals surface area contributed by atoms with Gasteiger partial charge in [-0.15, -0.1) is 0 Å². The van der Waals surface area contributed by atoms with E-state index in [0.29, 0.717) is 5.41 Å². The molecule has 0 saturated carbocycles. The van der Waals surface area contributed by atoms with Gasteiger partial charge < -0.3 is 4.79 Å². The Kier molecular flexibility index (Phi) is 4.52. The Labute approximate surface area is 98.6 Å². The number of hydrogen-bond donors (Lipinski definition) is 0. The van der Waals surface area contributed by atoms with Crippen molar-refractivity contribution in [1.82, 2.24) is 0 Å². The lowest BCUT2D eigenvalue weighted by atomic mass is 10.2. The first-order valence-electron chi connectivity index (χ1n) is 4.82. The summed E-state index contributed by atoms with van der Waals surface area (Å²) in [7, 11) is -2.64. The van der Waals surface area contributed by atoms with Gasteiger partial charge in [0.25, 0.3) is 0 Å². The highest BCUT2D eigenvalue weighted by molar-refractivity contribution is 9.58. The van der Waals surface area contributed by atoms with Crippen molar-refractivity contribution < 1.29 is 4.79 Å². The molecular formula is C10H23BrOSSi. The highest BCUT2D eigenvalue weighted by Crippen LogP contribution is 2.49. The molecule has 0 unspecified atom stereocenters. The van der Waals surface area contributed by atoms with Crippen molar-refractivity contribution in [2.75, 3.05) is 18.3 Å². The lowest BCUT2D eigenvalue weighted by molar-refractivity contribution is -0.110. The Morgan fingerprint density at radius 3 is 1.86 bits per heavy atom. The molecule has 0 aliphatic heterocycles. The van der Waals surface area contributed by atoms with E-state index in [0.717, 1.165) is 5.75 Å². The number of carbonyl (C=O) groups is 1. The van der Waals surface area contributed by atoms with Gasteiger partial charge in [-0.1, -0.05) is 33.9 Å². The summed E-state index contributed by atoms with van der Waals surface area (Å²) in [6, 6.07) is 0. The zero-order valence-electron chi connectivity index (χ0n) is 10.4. The van der Waals surface area contributed by atoms with E-state index in [9.17, 15) is 4.79 Å². The van der Waals surface area contributed by atoms with E-state index in [4.69, 9.17) is 0 Å². The smallest absolute Gasteiger partial charge is 0.133 e. The summed E-state index contributed by atoms with van der Waals surface area (Å²) in [6.07, 6.45) is 4.27. The van der Waals surface area contributed by atoms with Gasteiger partial charge in [-0.2, -0.15) is 8.46 Å². The maximum atomic E-state index is 12.2. The predicted molar refractivity (Wildman–Crippen MR) is 75.4 cm³/mol. The fraction of sp³-hybridized carbons (Fsp3) is 0.900. The van der Waals surface area contributed by atoms with E-state index in [-0.39, 0.29) is 5.04 Å². The van der Waals surface area contributed by atoms with Gasteiger partial charge in [0.1, 0.15) is 13.5 Å². The van der Waals surface area contributed by atoms with Crippen LogP contribution in [0.25, 0.3) is 0 Å². The molecule has 0 spiro atoms. The number of halogens is 1. The van der Waals surface area contributed by atoms with E-state index >= 15 is 0 Å². The molecule has 0 N–H and O–H groups in total. The SMILES string of the molecule is CC(C)(C)[Si](C)(C)C(=O)CS(C)(C)Br. The zero-order valence-corrected chi connectivity index (χ0v) is 13.8. The Balaban J connectivity index is 4.70. The molecule has 0 aromatic heterocycles. The first kappa shape index (κ1) is 14.7. The van der Waals surface area contributed by atoms with E-state index in [2.05, 4.69) is 61.2 Å². The summed E-state index contributed by atoms with van der Waals surface area (Å²) in [5.41, 5.74) is 0. The standard InChI is InChI=1S/C10H23BrOSSi/c1-10(2,3)14(6,7)9(12)8-13(4,5)11/h8H2,1-7H3. The van der Waals surface area contributed by atoms with Crippen molar-refractivity contribution in [3.63, 3.8) is 0 Å². The first-order chi connectivity index (χ1) is 5.88. The summed E-state index contributed by atoms with van der Waals surface area (Å²) in [5, 5.41) is 0.670. The maximum Gasteiger partial charge on any atom is 0.133 e. The fourth-order valence-electron chi connectivity index (χ4n) is 0.910. The van der Waals surface area contributed by atoms with Crippen LogP contribution in [0, 0.1) is 0 Å². The van der Waals surface area contributed by atoms with Crippen molar-refractivity contribution in [2.24, 2.45) is 0 Å². The molecule has 0 aromatic carbocycles. The van der Waals surface area contributed by atoms with E-state index < -0.39 is 16.5 Å². The minimum atomic E-state index is -1.77. The van der Waals surface area contributed by atoms with Crippen molar-refractivity contribution in [2.45, 2.75) is 38.9 Å². The average molecular weight is 299 g/mol. The summed E-state index contributed by atoms with van der Waals surface area (Å²) in [5.74, 6) is 0.726. The molecule has 0 aliphatic carbocycles. The topological polar surface area (TPSA) is 17.1 Å². The minimum Gasteiger partial charge on any atom is -0.305 e. The third-order valence-electron chi connectivity index (χ3n) is 3.05. The molecule has 0 heterocycles. The van der Waals surface area contributed by atoms with Crippen molar-refractivity contribution in [3.8, 4) is 0 Å². The van der Waals surface area contributed by atoms with Crippen LogP contribution in [0.4, 0.5) is 0 Å². The monoisotopic (exact) mass is 298 g/mol. The Bertz CT molecular complexity index is 225. The van der Waals surface area contributed by atoms with Crippen LogP contribution in [0.1, 0.15) is 20.8 Å². The quantitative estimate of drug-likeness (QED) is 0.721. The second-order valence-corrected chi connectivity index (χ2v) is 19.5. The number of hydrogen-bond acceptors (Lipinski definition) is 1. The zero-order chi connectivity index (χ0) is 11.8. The summed E-state index contributed by atoms with van der Waals surface area (Å²) in [6.45, 7) is 10.9. The lowest BCUT2D eigenvalue weighted by Crippen LogP contribution is -2.48. The summed E-state index contributed by atoms with van der Waals surface area (Å²) >= 11 is 3.62. The van der Waals surface area contributed by atoms with E-state index in [1.165, 1.54) is 0 Å². The van der Waals surface area contributed by atoms with Gasteiger partial charge >= 0.3 is 0 Å². The Morgan fingerprint density at radius 1 is 1.29 bits per heavy atom. The highest BCUT2D eigenvalue weighted by Gasteiger charge is 2.42. The van der Waals surface area contributed by atoms with Crippen molar-refractivity contribution >= 4 is 36.8 Å². The lowest BCUT2D eigenvalue weighted by Gasteiger charge is -2.37. The first-order valence-corrected chi connectivity index (χ1v) is 12.3. The summed E-state index contributed by atoms with van der Waals surface area (Å²) < 4.78 is 0. The van der Waals surface area contributed by atoms with Gasteiger partial charge in [0, 0.05) is 5.75 Å². The molecule has 1 nitrogen and oxygen atoms in total. The number of carbonyl (C=O) groups excluding carboxylic acids is 1. The molecule has 0 amide bonds. The minimum absolute atomic E-state index is 0.168. The molecule has 0 rings (SSSR count). The molecule has 0 aromatic rings. The van der Waals surface area contributed by atoms with Crippen LogP contribution in [-0.4, -0.2) is 31.7 Å². The van der Waals surface area contributed by atoms with E-state index in [1.807, 2.05) is 0 Å². The normalized spacial score (nSPS) is 15.4. The molecule has 0 saturated heterocycles. The van der Waals surface area contributed by atoms with Crippen LogP contribution in [-0.2, 0) is 4.79 Å². The van der Waals surface area contributed by atoms with Crippen LogP contribution in [0.5, 0.6) is 0 Å². The van der Waals surface area contributed by atoms with Crippen LogP contribution in [0.3, 0.4) is 0 Å². The van der Waals surface area contributed by atoms with Crippen LogP contribution < -0.4 is 0 Å². The molecule has 86 valence electrons. The number of rotatable bonds is 3. The van der Waals surface area contributed by atoms with Crippen molar-refractivity contribution in [1.29, 1.82) is 0 Å². The average Bonchev–Trinajstić information content (AvgIpc) is 1.80. The van der Waals surface area contributed by atoms with Gasteiger partial charge in [0.05, 0.1) is 0 Å². The van der Waals surface area contributed by atoms with Crippen LogP contribution in [0.2, 0.25) is 18.1 Å². The molecule has 14 heavy (non-hydrogen) atoms. The van der Waals surface area contributed by atoms with Gasteiger partial charge in [-0.3, -0.25) is 0 Å². The molecule has 0 fully saturated rings. The van der Waals surface area contributed by atoms with Crippen LogP contribution >= 0.6 is 23.3 Å². The molecule has 0 atom stereocenters. The largest absolute Gasteiger partial charge is 0.305 e. The maximum absolute atomic E-state index is 12.2. The second-order valence-electron chi connectivity index (χ2n) is 5.85. The third-order valence-corrected chi connectivity index (χ3v) is 10.3. The molecule has 0 aliphatic rings. The van der Waals surface area contributed by atoms with Crippen molar-refractivity contribution in [3.05, 3.63) is 0 Å². The third kappa shape index (κ3) is 4.07. The van der Waals surface area contributed by atoms with Gasteiger partial charge in [0.15, 0.2) is 0 Å². The molecule has 0 bridgehead atoms. The molecule has 0 radical (unpaired) electrons.